The highest BCUT2D eigenvalue weighted by Crippen LogP contribution is 2.49. The van der Waals surface area contributed by atoms with Crippen molar-refractivity contribution in [2.45, 2.75) is 37.7 Å². The molecule has 1 aromatic heterocycles. The summed E-state index contributed by atoms with van der Waals surface area (Å²) in [6, 6.07) is 9.44. The van der Waals surface area contributed by atoms with Gasteiger partial charge in [0.05, 0.1) is 12.7 Å². The summed E-state index contributed by atoms with van der Waals surface area (Å²) in [5.74, 6) is -0.375. The molecule has 0 saturated heterocycles. The van der Waals surface area contributed by atoms with Crippen LogP contribution in [0.2, 0.25) is 0 Å². The fourth-order valence-electron chi connectivity index (χ4n) is 3.25. The van der Waals surface area contributed by atoms with E-state index in [-0.39, 0.29) is 11.4 Å². The largest absolute Gasteiger partial charge is 0.465 e. The van der Waals surface area contributed by atoms with Gasteiger partial charge in [-0.3, -0.25) is 0 Å². The Morgan fingerprint density at radius 2 is 2.00 bits per heavy atom. The number of benzene rings is 1. The Morgan fingerprint density at radius 1 is 1.23 bits per heavy atom. The molecule has 3 nitrogen and oxygen atoms in total. The molecule has 0 radical (unpaired) electrons. The summed E-state index contributed by atoms with van der Waals surface area (Å²) in [4.78, 5) is 12.8. The van der Waals surface area contributed by atoms with Crippen molar-refractivity contribution in [1.82, 2.24) is 0 Å². The predicted molar refractivity (Wildman–Crippen MR) is 87.4 cm³/mol. The van der Waals surface area contributed by atoms with E-state index in [0.29, 0.717) is 12.0 Å². The van der Waals surface area contributed by atoms with E-state index in [1.807, 2.05) is 23.6 Å². The molecule has 3 rings (SSSR count). The van der Waals surface area contributed by atoms with Crippen LogP contribution in [0.15, 0.2) is 35.7 Å². The summed E-state index contributed by atoms with van der Waals surface area (Å²) >= 11 is 1.55. The van der Waals surface area contributed by atoms with Gasteiger partial charge in [0.2, 0.25) is 0 Å². The highest BCUT2D eigenvalue weighted by molar-refractivity contribution is 7.10. The normalized spacial score (nSPS) is 22.9. The van der Waals surface area contributed by atoms with Crippen molar-refractivity contribution in [2.75, 3.05) is 7.11 Å². The quantitative estimate of drug-likeness (QED) is 0.856. The third-order valence-corrected chi connectivity index (χ3v) is 5.68. The van der Waals surface area contributed by atoms with Crippen LogP contribution in [0.1, 0.15) is 53.1 Å². The number of hydrogen-bond donors (Lipinski definition) is 1. The first kappa shape index (κ1) is 15.3. The first-order valence-corrected chi connectivity index (χ1v) is 8.26. The first-order chi connectivity index (χ1) is 10.4. The number of fused-ring (bicyclic) bond motifs is 1. The molecule has 116 valence electrons. The minimum absolute atomic E-state index is 0.0204. The van der Waals surface area contributed by atoms with Crippen LogP contribution >= 0.6 is 11.3 Å². The monoisotopic (exact) mass is 316 g/mol. The molecular weight excluding hydrogens is 296 g/mol. The van der Waals surface area contributed by atoms with Crippen LogP contribution in [0.3, 0.4) is 0 Å². The van der Waals surface area contributed by atoms with Gasteiger partial charge in [-0.2, -0.15) is 0 Å². The van der Waals surface area contributed by atoms with Gasteiger partial charge in [-0.15, -0.1) is 11.3 Å². The minimum Gasteiger partial charge on any atom is -0.465 e. The Labute approximate surface area is 134 Å². The topological polar surface area (TPSA) is 46.5 Å². The van der Waals surface area contributed by atoms with Gasteiger partial charge < -0.3 is 9.84 Å². The maximum atomic E-state index is 11.9. The molecule has 1 N–H and O–H groups in total. The Hall–Kier alpha value is -1.65. The van der Waals surface area contributed by atoms with Gasteiger partial charge in [0.15, 0.2) is 0 Å². The van der Waals surface area contributed by atoms with Crippen molar-refractivity contribution in [2.24, 2.45) is 0 Å². The zero-order valence-corrected chi connectivity index (χ0v) is 13.9. The van der Waals surface area contributed by atoms with Crippen LogP contribution in [-0.2, 0) is 15.8 Å². The summed E-state index contributed by atoms with van der Waals surface area (Å²) < 4.78 is 4.82. The van der Waals surface area contributed by atoms with Crippen molar-refractivity contribution >= 4 is 17.3 Å². The van der Waals surface area contributed by atoms with E-state index in [1.54, 1.807) is 23.5 Å². The fraction of sp³-hybridized carbons (Fsp3) is 0.389. The molecule has 0 bridgehead atoms. The van der Waals surface area contributed by atoms with E-state index in [9.17, 15) is 9.90 Å². The highest BCUT2D eigenvalue weighted by atomic mass is 32.1. The third-order valence-electron chi connectivity index (χ3n) is 4.66. The van der Waals surface area contributed by atoms with E-state index in [4.69, 9.17) is 4.74 Å². The Bertz CT molecular complexity index is 703. The lowest BCUT2D eigenvalue weighted by molar-refractivity contribution is 0.0523. The van der Waals surface area contributed by atoms with Gasteiger partial charge in [-0.25, -0.2) is 4.79 Å². The Balaban J connectivity index is 2.22. The number of methoxy groups -OCH3 is 1. The maximum absolute atomic E-state index is 11.9. The van der Waals surface area contributed by atoms with E-state index < -0.39 is 5.60 Å². The number of ether oxygens (including phenoxy) is 1. The number of carbonyl (C=O) groups is 1. The summed E-state index contributed by atoms with van der Waals surface area (Å²) in [5, 5.41) is 13.3. The third kappa shape index (κ3) is 2.27. The van der Waals surface area contributed by atoms with Crippen LogP contribution in [-0.4, -0.2) is 18.2 Å². The molecular formula is C18H20O3S. The molecule has 2 aromatic rings. The fourth-order valence-corrected chi connectivity index (χ4v) is 4.12. The maximum Gasteiger partial charge on any atom is 0.337 e. The minimum atomic E-state index is -1.02. The standard InChI is InChI=1S/C18H20O3S/c1-17(2)8-9-18(20,15-5-4-10-22-15)14-11-12(16(19)21-3)6-7-13(14)17/h4-7,10-11,20H,8-9H2,1-3H3. The van der Waals surface area contributed by atoms with Gasteiger partial charge >= 0.3 is 5.97 Å². The molecule has 0 aliphatic heterocycles. The van der Waals surface area contributed by atoms with Crippen LogP contribution in [0.5, 0.6) is 0 Å². The lowest BCUT2D eigenvalue weighted by Gasteiger charge is -2.42. The molecule has 22 heavy (non-hydrogen) atoms. The van der Waals surface area contributed by atoms with Gasteiger partial charge in [0, 0.05) is 4.88 Å². The molecule has 1 unspecified atom stereocenters. The number of rotatable bonds is 2. The summed E-state index contributed by atoms with van der Waals surface area (Å²) in [6.07, 6.45) is 1.55. The van der Waals surface area contributed by atoms with Crippen LogP contribution in [0, 0.1) is 0 Å². The molecule has 0 fully saturated rings. The molecule has 0 amide bonds. The smallest absolute Gasteiger partial charge is 0.337 e. The summed E-state index contributed by atoms with van der Waals surface area (Å²) in [6.45, 7) is 4.36. The van der Waals surface area contributed by atoms with E-state index in [1.165, 1.54) is 7.11 Å². The van der Waals surface area contributed by atoms with Crippen molar-refractivity contribution in [3.63, 3.8) is 0 Å². The molecule has 1 aliphatic rings. The van der Waals surface area contributed by atoms with Gasteiger partial charge in [-0.05, 0) is 53.0 Å². The Morgan fingerprint density at radius 3 is 2.64 bits per heavy atom. The van der Waals surface area contributed by atoms with Gasteiger partial charge in [0.1, 0.15) is 5.60 Å². The molecule has 1 aliphatic carbocycles. The van der Waals surface area contributed by atoms with Crippen LogP contribution < -0.4 is 0 Å². The van der Waals surface area contributed by atoms with Gasteiger partial charge in [-0.1, -0.05) is 26.0 Å². The van der Waals surface area contributed by atoms with E-state index >= 15 is 0 Å². The zero-order chi connectivity index (χ0) is 16.0. The zero-order valence-electron chi connectivity index (χ0n) is 13.1. The second-order valence-corrected chi connectivity index (χ2v) is 7.42. The second-order valence-electron chi connectivity index (χ2n) is 6.47. The predicted octanol–water partition coefficient (Wildman–Crippen LogP) is 3.84. The van der Waals surface area contributed by atoms with Crippen molar-refractivity contribution in [3.8, 4) is 0 Å². The van der Waals surface area contributed by atoms with Crippen LogP contribution in [0.25, 0.3) is 0 Å². The Kier molecular flexibility index (Phi) is 3.62. The second kappa shape index (κ2) is 5.21. The lowest BCUT2D eigenvalue weighted by atomic mass is 9.66. The van der Waals surface area contributed by atoms with E-state index in [2.05, 4.69) is 13.8 Å². The molecule has 1 aromatic carbocycles. The molecule has 1 atom stereocenters. The lowest BCUT2D eigenvalue weighted by Crippen LogP contribution is -2.38. The molecule has 1 heterocycles. The number of aliphatic hydroxyl groups is 1. The molecule has 0 spiro atoms. The van der Waals surface area contributed by atoms with Crippen molar-refractivity contribution < 1.29 is 14.6 Å². The summed E-state index contributed by atoms with van der Waals surface area (Å²) in [7, 11) is 1.37. The highest BCUT2D eigenvalue weighted by Gasteiger charge is 2.43. The van der Waals surface area contributed by atoms with Crippen molar-refractivity contribution in [1.29, 1.82) is 0 Å². The van der Waals surface area contributed by atoms with Gasteiger partial charge in [0.25, 0.3) is 0 Å². The number of esters is 1. The first-order valence-electron chi connectivity index (χ1n) is 7.38. The molecule has 0 saturated carbocycles. The SMILES string of the molecule is COC(=O)c1ccc2c(c1)C(O)(c1cccs1)CCC2(C)C. The number of thiophene rings is 1. The molecule has 4 heteroatoms. The average molecular weight is 316 g/mol. The number of carbonyl (C=O) groups excluding carboxylic acids is 1. The average Bonchev–Trinajstić information content (AvgIpc) is 3.05. The number of hydrogen-bond acceptors (Lipinski definition) is 4. The van der Waals surface area contributed by atoms with Crippen molar-refractivity contribution in [3.05, 3.63) is 57.3 Å². The van der Waals surface area contributed by atoms with Crippen LogP contribution in [0.4, 0.5) is 0 Å². The summed E-state index contributed by atoms with van der Waals surface area (Å²) in [5.41, 5.74) is 1.36. The van der Waals surface area contributed by atoms with E-state index in [0.717, 1.165) is 22.4 Å².